The van der Waals surface area contributed by atoms with Gasteiger partial charge in [0.1, 0.15) is 10.7 Å². The van der Waals surface area contributed by atoms with Crippen molar-refractivity contribution >= 4 is 23.5 Å². The quantitative estimate of drug-likeness (QED) is 0.619. The molecule has 0 N–H and O–H groups in total. The molecule has 1 aliphatic heterocycles. The minimum absolute atomic E-state index is 0.337. The van der Waals surface area contributed by atoms with E-state index >= 15 is 0 Å². The van der Waals surface area contributed by atoms with Gasteiger partial charge in [0.15, 0.2) is 0 Å². The Hall–Kier alpha value is -0.390. The normalized spacial score (nSPS) is 25.4. The molecule has 3 rings (SSSR count). The van der Waals surface area contributed by atoms with Crippen molar-refractivity contribution in [1.82, 2.24) is 13.6 Å². The molecule has 0 saturated heterocycles. The summed E-state index contributed by atoms with van der Waals surface area (Å²) < 4.78 is 8.96. The molecule has 1 fully saturated rings. The SMILES string of the molecule is CN1CCC=CC1c1nsnc1SCC1CC1. The zero-order valence-corrected chi connectivity index (χ0v) is 11.6. The molecule has 1 atom stereocenters. The van der Waals surface area contributed by atoms with Crippen molar-refractivity contribution in [2.75, 3.05) is 19.3 Å². The van der Waals surface area contributed by atoms with Crippen LogP contribution in [0, 0.1) is 5.92 Å². The molecule has 0 radical (unpaired) electrons. The summed E-state index contributed by atoms with van der Waals surface area (Å²) >= 11 is 3.25. The van der Waals surface area contributed by atoms with Crippen molar-refractivity contribution in [1.29, 1.82) is 0 Å². The van der Waals surface area contributed by atoms with Crippen LogP contribution in [-0.4, -0.2) is 33.0 Å². The molecule has 1 unspecified atom stereocenters. The van der Waals surface area contributed by atoms with Crippen molar-refractivity contribution in [2.45, 2.75) is 30.3 Å². The lowest BCUT2D eigenvalue weighted by Gasteiger charge is -2.27. The van der Waals surface area contributed by atoms with Crippen LogP contribution in [0.4, 0.5) is 0 Å². The van der Waals surface area contributed by atoms with Crippen LogP contribution in [0.5, 0.6) is 0 Å². The summed E-state index contributed by atoms with van der Waals surface area (Å²) in [7, 11) is 2.17. The summed E-state index contributed by atoms with van der Waals surface area (Å²) in [6, 6.07) is 0.337. The Kier molecular flexibility index (Phi) is 3.49. The van der Waals surface area contributed by atoms with Crippen LogP contribution in [0.15, 0.2) is 17.2 Å². The zero-order valence-electron chi connectivity index (χ0n) is 10.0. The second-order valence-electron chi connectivity index (χ2n) is 4.85. The second-order valence-corrected chi connectivity index (χ2v) is 6.39. The summed E-state index contributed by atoms with van der Waals surface area (Å²) in [5.74, 6) is 2.16. The molecular weight excluding hydrogens is 250 g/mol. The summed E-state index contributed by atoms with van der Waals surface area (Å²) in [6.07, 6.45) is 8.49. The molecule has 1 aromatic rings. The summed E-state index contributed by atoms with van der Waals surface area (Å²) in [4.78, 5) is 2.36. The van der Waals surface area contributed by atoms with Crippen LogP contribution in [0.1, 0.15) is 31.0 Å². The van der Waals surface area contributed by atoms with Crippen LogP contribution in [0.25, 0.3) is 0 Å². The number of rotatable bonds is 4. The first-order valence-corrected chi connectivity index (χ1v) is 7.88. The van der Waals surface area contributed by atoms with Crippen LogP contribution in [0.3, 0.4) is 0 Å². The van der Waals surface area contributed by atoms with Crippen LogP contribution < -0.4 is 0 Å². The van der Waals surface area contributed by atoms with Gasteiger partial charge in [-0.05, 0) is 32.2 Å². The van der Waals surface area contributed by atoms with Gasteiger partial charge in [0, 0.05) is 12.3 Å². The van der Waals surface area contributed by atoms with Gasteiger partial charge in [0.05, 0.1) is 17.8 Å². The van der Waals surface area contributed by atoms with Crippen molar-refractivity contribution in [2.24, 2.45) is 5.92 Å². The number of aromatic nitrogens is 2. The van der Waals surface area contributed by atoms with E-state index in [2.05, 4.69) is 32.8 Å². The van der Waals surface area contributed by atoms with E-state index < -0.39 is 0 Å². The Bertz CT molecular complexity index is 412. The molecule has 2 heterocycles. The van der Waals surface area contributed by atoms with Crippen molar-refractivity contribution < 1.29 is 0 Å². The zero-order chi connectivity index (χ0) is 11.7. The predicted octanol–water partition coefficient (Wildman–Crippen LogP) is 2.97. The van der Waals surface area contributed by atoms with Gasteiger partial charge in [-0.25, -0.2) is 0 Å². The fourth-order valence-corrected chi connectivity index (χ4v) is 3.94. The van der Waals surface area contributed by atoms with Gasteiger partial charge in [-0.2, -0.15) is 8.75 Å². The maximum atomic E-state index is 4.51. The first kappa shape index (κ1) is 11.7. The van der Waals surface area contributed by atoms with Gasteiger partial charge < -0.3 is 0 Å². The molecule has 0 aromatic carbocycles. The minimum Gasteiger partial charge on any atom is -0.294 e. The first-order valence-electron chi connectivity index (χ1n) is 6.17. The first-order chi connectivity index (χ1) is 8.34. The number of hydrogen-bond donors (Lipinski definition) is 0. The number of likely N-dealkylation sites (N-methyl/N-ethyl adjacent to an activating group) is 1. The van der Waals surface area contributed by atoms with Gasteiger partial charge in [-0.1, -0.05) is 12.2 Å². The highest BCUT2D eigenvalue weighted by Gasteiger charge is 2.26. The Morgan fingerprint density at radius 2 is 2.35 bits per heavy atom. The lowest BCUT2D eigenvalue weighted by molar-refractivity contribution is 0.273. The Balaban J connectivity index is 1.74. The third-order valence-corrected chi connectivity index (χ3v) is 5.23. The maximum Gasteiger partial charge on any atom is 0.135 e. The van der Waals surface area contributed by atoms with E-state index in [1.54, 1.807) is 0 Å². The third-order valence-electron chi connectivity index (χ3n) is 3.36. The molecule has 1 saturated carbocycles. The Morgan fingerprint density at radius 1 is 1.47 bits per heavy atom. The average molecular weight is 267 g/mol. The molecule has 1 aliphatic carbocycles. The highest BCUT2D eigenvalue weighted by molar-refractivity contribution is 7.99. The van der Waals surface area contributed by atoms with Crippen molar-refractivity contribution in [3.63, 3.8) is 0 Å². The Morgan fingerprint density at radius 3 is 3.12 bits per heavy atom. The number of hydrogen-bond acceptors (Lipinski definition) is 5. The van der Waals surface area contributed by atoms with Gasteiger partial charge in [0.2, 0.25) is 0 Å². The Labute approximate surface area is 111 Å². The summed E-state index contributed by atoms with van der Waals surface area (Å²) in [6.45, 7) is 1.12. The second kappa shape index (κ2) is 5.08. The minimum atomic E-state index is 0.337. The average Bonchev–Trinajstić information content (AvgIpc) is 3.06. The van der Waals surface area contributed by atoms with E-state index in [1.165, 1.54) is 36.0 Å². The van der Waals surface area contributed by atoms with E-state index in [9.17, 15) is 0 Å². The predicted molar refractivity (Wildman–Crippen MR) is 72.5 cm³/mol. The van der Waals surface area contributed by atoms with Gasteiger partial charge in [-0.3, -0.25) is 4.90 Å². The number of thioether (sulfide) groups is 1. The van der Waals surface area contributed by atoms with Crippen molar-refractivity contribution in [3.05, 3.63) is 17.8 Å². The molecule has 2 aliphatic rings. The third kappa shape index (κ3) is 2.72. The highest BCUT2D eigenvalue weighted by atomic mass is 32.2. The monoisotopic (exact) mass is 267 g/mol. The van der Waals surface area contributed by atoms with Crippen molar-refractivity contribution in [3.8, 4) is 0 Å². The highest BCUT2D eigenvalue weighted by Crippen LogP contribution is 2.37. The van der Waals surface area contributed by atoms with E-state index in [4.69, 9.17) is 0 Å². The standard InChI is InChI=1S/C12H17N3S2/c1-15-7-3-2-4-10(15)11-12(14-17-13-11)16-8-9-5-6-9/h2,4,9-10H,3,5-8H2,1H3. The summed E-state index contributed by atoms with van der Waals surface area (Å²) in [5, 5.41) is 1.16. The van der Waals surface area contributed by atoms with E-state index in [0.29, 0.717) is 6.04 Å². The number of nitrogens with zero attached hydrogens (tertiary/aromatic N) is 3. The smallest absolute Gasteiger partial charge is 0.135 e. The van der Waals surface area contributed by atoms with E-state index in [0.717, 1.165) is 23.9 Å². The summed E-state index contributed by atoms with van der Waals surface area (Å²) in [5.41, 5.74) is 1.17. The fraction of sp³-hybridized carbons (Fsp3) is 0.667. The molecule has 0 amide bonds. The van der Waals surface area contributed by atoms with E-state index in [1.807, 2.05) is 11.8 Å². The maximum absolute atomic E-state index is 4.51. The van der Waals surface area contributed by atoms with Gasteiger partial charge in [0.25, 0.3) is 0 Å². The molecule has 5 heteroatoms. The van der Waals surface area contributed by atoms with Crippen LogP contribution in [0.2, 0.25) is 0 Å². The molecule has 0 spiro atoms. The largest absolute Gasteiger partial charge is 0.294 e. The molecule has 3 nitrogen and oxygen atoms in total. The van der Waals surface area contributed by atoms with Gasteiger partial charge in [-0.15, -0.1) is 11.8 Å². The lowest BCUT2D eigenvalue weighted by atomic mass is 10.1. The molecule has 0 bridgehead atoms. The lowest BCUT2D eigenvalue weighted by Crippen LogP contribution is -2.27. The molecule has 92 valence electrons. The van der Waals surface area contributed by atoms with E-state index in [-0.39, 0.29) is 0 Å². The van der Waals surface area contributed by atoms with Crippen LogP contribution in [-0.2, 0) is 0 Å². The molecular formula is C12H17N3S2. The topological polar surface area (TPSA) is 29.0 Å². The van der Waals surface area contributed by atoms with Gasteiger partial charge >= 0.3 is 0 Å². The fourth-order valence-electron chi connectivity index (χ4n) is 2.04. The molecule has 17 heavy (non-hydrogen) atoms. The van der Waals surface area contributed by atoms with Crippen LogP contribution >= 0.6 is 23.5 Å². The molecule has 1 aromatic heterocycles.